The van der Waals surface area contributed by atoms with E-state index >= 15 is 0 Å². The first-order chi connectivity index (χ1) is 10.4. The van der Waals surface area contributed by atoms with Gasteiger partial charge in [-0.25, -0.2) is 0 Å². The fourth-order valence-electron chi connectivity index (χ4n) is 1.71. The Morgan fingerprint density at radius 3 is 2.36 bits per heavy atom. The average Bonchev–Trinajstić information content (AvgIpc) is 2.46. The van der Waals surface area contributed by atoms with Crippen molar-refractivity contribution in [3.8, 4) is 0 Å². The van der Waals surface area contributed by atoms with Gasteiger partial charge in [-0.2, -0.15) is 13.2 Å². The number of thioether (sulfide) groups is 1. The Bertz CT molecular complexity index is 659. The van der Waals surface area contributed by atoms with Gasteiger partial charge in [-0.1, -0.05) is 23.7 Å². The number of rotatable bonds is 4. The highest BCUT2D eigenvalue weighted by Crippen LogP contribution is 2.34. The molecular formula is C15H11ClF3NOS. The van der Waals surface area contributed by atoms with Crippen molar-refractivity contribution in [3.05, 3.63) is 59.1 Å². The van der Waals surface area contributed by atoms with Crippen molar-refractivity contribution < 1.29 is 18.0 Å². The van der Waals surface area contributed by atoms with Crippen LogP contribution in [0.3, 0.4) is 0 Å². The molecule has 0 heterocycles. The van der Waals surface area contributed by atoms with Gasteiger partial charge in [0.05, 0.1) is 17.0 Å². The molecule has 0 bridgehead atoms. The van der Waals surface area contributed by atoms with Gasteiger partial charge in [0.2, 0.25) is 5.91 Å². The molecule has 116 valence electrons. The number of carbonyl (C=O) groups is 1. The van der Waals surface area contributed by atoms with Crippen molar-refractivity contribution in [1.29, 1.82) is 0 Å². The number of para-hydroxylation sites is 1. The third kappa shape index (κ3) is 4.68. The number of carbonyl (C=O) groups excluding carboxylic acids is 1. The highest BCUT2D eigenvalue weighted by Gasteiger charge is 2.33. The Hall–Kier alpha value is -1.66. The van der Waals surface area contributed by atoms with Crippen molar-refractivity contribution in [2.45, 2.75) is 11.1 Å². The van der Waals surface area contributed by atoms with Gasteiger partial charge in [0, 0.05) is 9.92 Å². The van der Waals surface area contributed by atoms with Crippen molar-refractivity contribution in [3.63, 3.8) is 0 Å². The quantitative estimate of drug-likeness (QED) is 0.782. The summed E-state index contributed by atoms with van der Waals surface area (Å²) in [6, 6.07) is 11.7. The summed E-state index contributed by atoms with van der Waals surface area (Å²) in [7, 11) is 0. The van der Waals surface area contributed by atoms with E-state index in [4.69, 9.17) is 11.6 Å². The predicted molar refractivity (Wildman–Crippen MR) is 82.2 cm³/mol. The second-order valence-electron chi connectivity index (χ2n) is 4.33. The molecule has 0 spiro atoms. The summed E-state index contributed by atoms with van der Waals surface area (Å²) in [5.74, 6) is -0.495. The number of hydrogen-bond acceptors (Lipinski definition) is 2. The summed E-state index contributed by atoms with van der Waals surface area (Å²) in [6.45, 7) is 0. The lowest BCUT2D eigenvalue weighted by Crippen LogP contribution is -2.18. The molecule has 2 rings (SSSR count). The zero-order valence-corrected chi connectivity index (χ0v) is 12.7. The topological polar surface area (TPSA) is 29.1 Å². The molecule has 0 aliphatic carbocycles. The molecule has 0 saturated heterocycles. The van der Waals surface area contributed by atoms with Crippen LogP contribution in [0.15, 0.2) is 53.4 Å². The number of halogens is 4. The van der Waals surface area contributed by atoms with E-state index in [2.05, 4.69) is 5.32 Å². The fraction of sp³-hybridized carbons (Fsp3) is 0.133. The summed E-state index contributed by atoms with van der Waals surface area (Å²) in [5.41, 5.74) is -1.10. The zero-order valence-electron chi connectivity index (χ0n) is 11.2. The first-order valence-corrected chi connectivity index (χ1v) is 7.57. The van der Waals surface area contributed by atoms with Gasteiger partial charge in [0.1, 0.15) is 0 Å². The maximum atomic E-state index is 12.8. The molecule has 0 radical (unpaired) electrons. The Balaban J connectivity index is 1.99. The van der Waals surface area contributed by atoms with Crippen LogP contribution in [0.1, 0.15) is 5.56 Å². The third-order valence-corrected chi connectivity index (χ3v) is 3.95. The van der Waals surface area contributed by atoms with Crippen molar-refractivity contribution in [1.82, 2.24) is 0 Å². The number of amides is 1. The van der Waals surface area contributed by atoms with Crippen LogP contribution >= 0.6 is 23.4 Å². The lowest BCUT2D eigenvalue weighted by atomic mass is 10.1. The molecule has 1 amide bonds. The van der Waals surface area contributed by atoms with Crippen LogP contribution in [0.4, 0.5) is 18.9 Å². The maximum Gasteiger partial charge on any atom is 0.418 e. The number of anilines is 1. The average molecular weight is 346 g/mol. The van der Waals surface area contributed by atoms with E-state index in [0.29, 0.717) is 5.02 Å². The van der Waals surface area contributed by atoms with Gasteiger partial charge in [0.25, 0.3) is 0 Å². The summed E-state index contributed by atoms with van der Waals surface area (Å²) in [5, 5.41) is 2.87. The molecule has 7 heteroatoms. The Kier molecular flexibility index (Phi) is 5.37. The minimum atomic E-state index is -4.51. The Labute approximate surface area is 134 Å². The summed E-state index contributed by atoms with van der Waals surface area (Å²) < 4.78 is 38.5. The third-order valence-electron chi connectivity index (χ3n) is 2.69. The Morgan fingerprint density at radius 1 is 1.09 bits per heavy atom. The number of nitrogens with one attached hydrogen (secondary N) is 1. The Morgan fingerprint density at radius 2 is 1.73 bits per heavy atom. The molecule has 22 heavy (non-hydrogen) atoms. The number of benzene rings is 2. The highest BCUT2D eigenvalue weighted by molar-refractivity contribution is 8.00. The van der Waals surface area contributed by atoms with Gasteiger partial charge in [0.15, 0.2) is 0 Å². The number of alkyl halides is 3. The molecule has 2 nitrogen and oxygen atoms in total. The van der Waals surface area contributed by atoms with E-state index < -0.39 is 17.6 Å². The summed E-state index contributed by atoms with van der Waals surface area (Å²) in [4.78, 5) is 12.6. The molecule has 1 N–H and O–H groups in total. The van der Waals surface area contributed by atoms with Crippen LogP contribution in [0, 0.1) is 0 Å². The molecular weight excluding hydrogens is 335 g/mol. The van der Waals surface area contributed by atoms with Gasteiger partial charge in [-0.3, -0.25) is 4.79 Å². The van der Waals surface area contributed by atoms with Crippen LogP contribution in [-0.4, -0.2) is 11.7 Å². The van der Waals surface area contributed by atoms with E-state index in [0.717, 1.165) is 11.0 Å². The van der Waals surface area contributed by atoms with E-state index in [1.165, 1.54) is 30.0 Å². The van der Waals surface area contributed by atoms with E-state index in [1.54, 1.807) is 24.3 Å². The smallest absolute Gasteiger partial charge is 0.325 e. The van der Waals surface area contributed by atoms with Crippen molar-refractivity contribution in [2.24, 2.45) is 0 Å². The van der Waals surface area contributed by atoms with E-state index in [-0.39, 0.29) is 11.4 Å². The monoisotopic (exact) mass is 345 g/mol. The van der Waals surface area contributed by atoms with Crippen LogP contribution in [-0.2, 0) is 11.0 Å². The summed E-state index contributed by atoms with van der Waals surface area (Å²) >= 11 is 6.96. The lowest BCUT2D eigenvalue weighted by molar-refractivity contribution is -0.137. The zero-order chi connectivity index (χ0) is 16.2. The van der Waals surface area contributed by atoms with Gasteiger partial charge < -0.3 is 5.32 Å². The standard InChI is InChI=1S/C15H11ClF3NOS/c16-10-5-7-11(8-6-10)22-9-14(21)20-13-4-2-1-3-12(13)15(17,18)19/h1-8H,9H2,(H,20,21). The van der Waals surface area contributed by atoms with Gasteiger partial charge >= 0.3 is 6.18 Å². The van der Waals surface area contributed by atoms with E-state index in [9.17, 15) is 18.0 Å². The second-order valence-corrected chi connectivity index (χ2v) is 5.82. The van der Waals surface area contributed by atoms with Gasteiger partial charge in [-0.15, -0.1) is 11.8 Å². The molecule has 2 aromatic carbocycles. The van der Waals surface area contributed by atoms with Crippen LogP contribution < -0.4 is 5.32 Å². The van der Waals surface area contributed by atoms with Crippen LogP contribution in [0.2, 0.25) is 5.02 Å². The minimum absolute atomic E-state index is 0.00776. The van der Waals surface area contributed by atoms with Gasteiger partial charge in [-0.05, 0) is 36.4 Å². The molecule has 0 aliphatic heterocycles. The second kappa shape index (κ2) is 7.07. The largest absolute Gasteiger partial charge is 0.418 e. The molecule has 2 aromatic rings. The normalized spacial score (nSPS) is 11.3. The highest BCUT2D eigenvalue weighted by atomic mass is 35.5. The van der Waals surface area contributed by atoms with Crippen LogP contribution in [0.25, 0.3) is 0 Å². The molecule has 0 aromatic heterocycles. The maximum absolute atomic E-state index is 12.8. The molecule has 0 unspecified atom stereocenters. The van der Waals surface area contributed by atoms with Crippen LogP contribution in [0.5, 0.6) is 0 Å². The predicted octanol–water partition coefficient (Wildman–Crippen LogP) is 5.09. The summed E-state index contributed by atoms with van der Waals surface area (Å²) in [6.07, 6.45) is -4.51. The molecule has 0 atom stereocenters. The first-order valence-electron chi connectivity index (χ1n) is 6.21. The molecule has 0 aliphatic rings. The SMILES string of the molecule is O=C(CSc1ccc(Cl)cc1)Nc1ccccc1C(F)(F)F. The fourth-order valence-corrected chi connectivity index (χ4v) is 2.53. The lowest BCUT2D eigenvalue weighted by Gasteiger charge is -2.13. The number of hydrogen-bond donors (Lipinski definition) is 1. The minimum Gasteiger partial charge on any atom is -0.325 e. The first kappa shape index (κ1) is 16.7. The van der Waals surface area contributed by atoms with Crippen molar-refractivity contribution in [2.75, 3.05) is 11.1 Å². The molecule has 0 saturated carbocycles. The molecule has 0 fully saturated rings. The van der Waals surface area contributed by atoms with E-state index in [1.807, 2.05) is 0 Å². The van der Waals surface area contributed by atoms with Crippen molar-refractivity contribution >= 4 is 35.0 Å².